The number of aromatic nitrogens is 3. The Morgan fingerprint density at radius 2 is 2.41 bits per heavy atom. The number of nitrogens with one attached hydrogen (secondary N) is 1. The van der Waals surface area contributed by atoms with Gasteiger partial charge in [0.05, 0.1) is 9.98 Å². The molecule has 6 heteroatoms. The Labute approximate surface area is 113 Å². The average molecular weight is 315 g/mol. The van der Waals surface area contributed by atoms with Gasteiger partial charge in [-0.1, -0.05) is 5.21 Å². The van der Waals surface area contributed by atoms with Gasteiger partial charge in [0.15, 0.2) is 0 Å². The van der Waals surface area contributed by atoms with Crippen molar-refractivity contribution in [1.29, 1.82) is 0 Å². The fourth-order valence-corrected chi connectivity index (χ4v) is 3.02. The molecule has 17 heavy (non-hydrogen) atoms. The molecule has 0 aliphatic carbocycles. The largest absolute Gasteiger partial charge is 0.309 e. The summed E-state index contributed by atoms with van der Waals surface area (Å²) < 4.78 is 3.04. The quantitative estimate of drug-likeness (QED) is 0.834. The van der Waals surface area contributed by atoms with Crippen LogP contribution >= 0.6 is 27.3 Å². The normalized spacial score (nSPS) is 12.8. The van der Waals surface area contributed by atoms with Gasteiger partial charge in [0.25, 0.3) is 0 Å². The van der Waals surface area contributed by atoms with Gasteiger partial charge in [-0.2, -0.15) is 0 Å². The van der Waals surface area contributed by atoms with Crippen molar-refractivity contribution in [2.24, 2.45) is 0 Å². The number of hydrogen-bond donors (Lipinski definition) is 1. The summed E-state index contributed by atoms with van der Waals surface area (Å²) in [6.07, 6.45) is 4.65. The highest BCUT2D eigenvalue weighted by molar-refractivity contribution is 9.11. The van der Waals surface area contributed by atoms with E-state index in [2.05, 4.69) is 50.6 Å². The van der Waals surface area contributed by atoms with E-state index in [4.69, 9.17) is 0 Å². The van der Waals surface area contributed by atoms with Crippen molar-refractivity contribution >= 4 is 27.3 Å². The van der Waals surface area contributed by atoms with Gasteiger partial charge in [-0.3, -0.25) is 4.68 Å². The van der Waals surface area contributed by atoms with Gasteiger partial charge in [0.2, 0.25) is 0 Å². The summed E-state index contributed by atoms with van der Waals surface area (Å²) >= 11 is 5.26. The highest BCUT2D eigenvalue weighted by Crippen LogP contribution is 2.26. The third kappa shape index (κ3) is 3.90. The molecule has 1 atom stereocenters. The summed E-state index contributed by atoms with van der Waals surface area (Å²) in [5, 5.41) is 11.2. The molecule has 0 aromatic carbocycles. The molecule has 0 saturated carbocycles. The smallest absolute Gasteiger partial charge is 0.0701 e. The number of thiophene rings is 1. The molecule has 2 heterocycles. The molecule has 0 radical (unpaired) electrons. The summed E-state index contributed by atoms with van der Waals surface area (Å²) in [4.78, 5) is 1.36. The second-order valence-corrected chi connectivity index (χ2v) is 6.33. The lowest BCUT2D eigenvalue weighted by Crippen LogP contribution is -2.20. The summed E-state index contributed by atoms with van der Waals surface area (Å²) in [7, 11) is 0. The summed E-state index contributed by atoms with van der Waals surface area (Å²) in [6, 6.07) is 4.65. The van der Waals surface area contributed by atoms with E-state index in [1.807, 2.05) is 10.9 Å². The maximum atomic E-state index is 3.93. The Morgan fingerprint density at radius 1 is 1.53 bits per heavy atom. The molecule has 2 rings (SSSR count). The van der Waals surface area contributed by atoms with Crippen molar-refractivity contribution in [3.63, 3.8) is 0 Å². The first-order valence-corrected chi connectivity index (χ1v) is 7.19. The van der Waals surface area contributed by atoms with E-state index < -0.39 is 0 Å². The molecule has 0 saturated heterocycles. The van der Waals surface area contributed by atoms with Crippen molar-refractivity contribution in [1.82, 2.24) is 20.3 Å². The lowest BCUT2D eigenvalue weighted by Gasteiger charge is -2.11. The van der Waals surface area contributed by atoms with Gasteiger partial charge in [-0.05, 0) is 48.0 Å². The topological polar surface area (TPSA) is 42.7 Å². The van der Waals surface area contributed by atoms with Crippen LogP contribution in [0.2, 0.25) is 0 Å². The van der Waals surface area contributed by atoms with Crippen LogP contribution in [0.5, 0.6) is 0 Å². The van der Waals surface area contributed by atoms with Crippen LogP contribution in [-0.4, -0.2) is 21.5 Å². The molecule has 4 nitrogen and oxygen atoms in total. The van der Waals surface area contributed by atoms with Crippen molar-refractivity contribution in [2.75, 3.05) is 6.54 Å². The van der Waals surface area contributed by atoms with Crippen LogP contribution < -0.4 is 5.32 Å². The standard InChI is InChI=1S/C11H15BrN4S/c1-9(10-3-4-11(12)17-10)13-5-2-7-16-8-6-14-15-16/h3-4,6,8-9,13H,2,5,7H2,1H3. The first-order valence-electron chi connectivity index (χ1n) is 5.58. The van der Waals surface area contributed by atoms with Crippen LogP contribution in [0.3, 0.4) is 0 Å². The van der Waals surface area contributed by atoms with Crippen LogP contribution in [0.1, 0.15) is 24.3 Å². The third-order valence-corrected chi connectivity index (χ3v) is 4.31. The molecule has 0 aliphatic heterocycles. The van der Waals surface area contributed by atoms with Gasteiger partial charge in [0.1, 0.15) is 0 Å². The number of aryl methyl sites for hydroxylation is 1. The van der Waals surface area contributed by atoms with Gasteiger partial charge >= 0.3 is 0 Å². The highest BCUT2D eigenvalue weighted by Gasteiger charge is 2.06. The SMILES string of the molecule is CC(NCCCn1ccnn1)c1ccc(Br)s1. The minimum atomic E-state index is 0.405. The van der Waals surface area contributed by atoms with Gasteiger partial charge in [0, 0.05) is 23.7 Å². The zero-order valence-electron chi connectivity index (χ0n) is 9.64. The Morgan fingerprint density at radius 3 is 3.06 bits per heavy atom. The predicted octanol–water partition coefficient (Wildman–Crippen LogP) is 2.84. The number of nitrogens with zero attached hydrogens (tertiary/aromatic N) is 3. The molecular weight excluding hydrogens is 300 g/mol. The zero-order valence-corrected chi connectivity index (χ0v) is 12.0. The fourth-order valence-electron chi connectivity index (χ4n) is 1.57. The van der Waals surface area contributed by atoms with Crippen molar-refractivity contribution in [3.05, 3.63) is 33.2 Å². The Balaban J connectivity index is 1.68. The third-order valence-electron chi connectivity index (χ3n) is 2.51. The number of halogens is 1. The molecule has 0 spiro atoms. The average Bonchev–Trinajstić information content (AvgIpc) is 2.95. The van der Waals surface area contributed by atoms with Crippen molar-refractivity contribution in [2.45, 2.75) is 25.9 Å². The van der Waals surface area contributed by atoms with Gasteiger partial charge in [-0.15, -0.1) is 16.4 Å². The number of hydrogen-bond acceptors (Lipinski definition) is 4. The molecule has 0 aliphatic rings. The van der Waals surface area contributed by atoms with E-state index in [-0.39, 0.29) is 0 Å². The first kappa shape index (κ1) is 12.7. The maximum Gasteiger partial charge on any atom is 0.0701 e. The molecule has 92 valence electrons. The van der Waals surface area contributed by atoms with Crippen LogP contribution in [0.4, 0.5) is 0 Å². The second kappa shape index (κ2) is 6.28. The first-order chi connectivity index (χ1) is 8.25. The summed E-state index contributed by atoms with van der Waals surface area (Å²) in [5.41, 5.74) is 0. The van der Waals surface area contributed by atoms with Crippen molar-refractivity contribution < 1.29 is 0 Å². The van der Waals surface area contributed by atoms with Gasteiger partial charge in [-0.25, -0.2) is 0 Å². The lowest BCUT2D eigenvalue weighted by molar-refractivity contribution is 0.502. The van der Waals surface area contributed by atoms with Crippen LogP contribution in [0.15, 0.2) is 28.3 Å². The monoisotopic (exact) mass is 314 g/mol. The van der Waals surface area contributed by atoms with Gasteiger partial charge < -0.3 is 5.32 Å². The van der Waals surface area contributed by atoms with Crippen LogP contribution in [0, 0.1) is 0 Å². The lowest BCUT2D eigenvalue weighted by atomic mass is 10.2. The maximum absolute atomic E-state index is 3.93. The molecule has 2 aromatic rings. The highest BCUT2D eigenvalue weighted by atomic mass is 79.9. The minimum Gasteiger partial charge on any atom is -0.309 e. The Bertz CT molecular complexity index is 440. The molecule has 0 fully saturated rings. The molecule has 1 unspecified atom stereocenters. The fraction of sp³-hybridized carbons (Fsp3) is 0.455. The van der Waals surface area contributed by atoms with E-state index in [1.54, 1.807) is 17.5 Å². The zero-order chi connectivity index (χ0) is 12.1. The molecule has 0 amide bonds. The van der Waals surface area contributed by atoms with E-state index in [0.29, 0.717) is 6.04 Å². The summed E-state index contributed by atoms with van der Waals surface area (Å²) in [6.45, 7) is 4.08. The van der Waals surface area contributed by atoms with E-state index in [1.165, 1.54) is 8.66 Å². The van der Waals surface area contributed by atoms with Crippen molar-refractivity contribution in [3.8, 4) is 0 Å². The molecule has 0 bridgehead atoms. The van der Waals surface area contributed by atoms with Crippen LogP contribution in [-0.2, 0) is 6.54 Å². The van der Waals surface area contributed by atoms with E-state index >= 15 is 0 Å². The van der Waals surface area contributed by atoms with E-state index in [9.17, 15) is 0 Å². The number of rotatable bonds is 6. The van der Waals surface area contributed by atoms with E-state index in [0.717, 1.165) is 19.5 Å². The minimum absolute atomic E-state index is 0.405. The molecule has 1 N–H and O–H groups in total. The summed E-state index contributed by atoms with van der Waals surface area (Å²) in [5.74, 6) is 0. The molecule has 2 aromatic heterocycles. The Kier molecular flexibility index (Phi) is 4.70. The Hall–Kier alpha value is -0.720. The molecular formula is C11H15BrN4S. The second-order valence-electron chi connectivity index (χ2n) is 3.84. The van der Waals surface area contributed by atoms with Crippen LogP contribution in [0.25, 0.3) is 0 Å². The predicted molar refractivity (Wildman–Crippen MR) is 73.1 cm³/mol.